The lowest BCUT2D eigenvalue weighted by molar-refractivity contribution is -0.145. The molecule has 2 aromatic carbocycles. The second-order valence-corrected chi connectivity index (χ2v) is 8.47. The fraction of sp³-hybridized carbons (Fsp3) is 0.391. The minimum atomic E-state index is -4.44. The normalized spacial score (nSPS) is 18.8. The third-order valence-corrected chi connectivity index (χ3v) is 6.57. The summed E-state index contributed by atoms with van der Waals surface area (Å²) < 4.78 is 43.6. The van der Waals surface area contributed by atoms with Crippen LogP contribution in [-0.4, -0.2) is 35.7 Å². The van der Waals surface area contributed by atoms with Gasteiger partial charge in [0, 0.05) is 11.3 Å². The van der Waals surface area contributed by atoms with E-state index in [4.69, 9.17) is 4.74 Å². The van der Waals surface area contributed by atoms with Crippen LogP contribution in [0.25, 0.3) is 0 Å². The molecule has 1 amide bonds. The van der Waals surface area contributed by atoms with Gasteiger partial charge in [0.05, 0.1) is 12.7 Å². The molecule has 2 atom stereocenters. The van der Waals surface area contributed by atoms with E-state index in [-0.39, 0.29) is 5.91 Å². The van der Waals surface area contributed by atoms with E-state index in [2.05, 4.69) is 6.92 Å². The third-order valence-electron chi connectivity index (χ3n) is 5.25. The molecule has 0 aromatic heterocycles. The molecule has 0 radical (unpaired) electrons. The first-order valence-corrected chi connectivity index (χ1v) is 11.1. The van der Waals surface area contributed by atoms with E-state index in [1.165, 1.54) is 35.9 Å². The fourth-order valence-electron chi connectivity index (χ4n) is 3.51. The fourth-order valence-corrected chi connectivity index (χ4v) is 4.92. The number of unbranched alkanes of at least 4 members (excludes halogenated alkanes) is 1. The van der Waals surface area contributed by atoms with Crippen LogP contribution in [0.2, 0.25) is 0 Å². The Kier molecular flexibility index (Phi) is 7.30. The molecule has 1 saturated heterocycles. The number of hydrogen-bond acceptors (Lipinski definition) is 4. The monoisotopic (exact) mass is 451 g/mol. The van der Waals surface area contributed by atoms with Gasteiger partial charge < -0.3 is 9.64 Å². The number of esters is 1. The Balaban J connectivity index is 1.89. The molecule has 0 saturated carbocycles. The molecule has 1 aliphatic rings. The van der Waals surface area contributed by atoms with Crippen LogP contribution in [0.15, 0.2) is 48.5 Å². The summed E-state index contributed by atoms with van der Waals surface area (Å²) in [5, 5.41) is -0.585. The van der Waals surface area contributed by atoms with Crippen molar-refractivity contribution < 1.29 is 27.5 Å². The van der Waals surface area contributed by atoms with Gasteiger partial charge in [-0.25, -0.2) is 4.79 Å². The van der Waals surface area contributed by atoms with E-state index in [0.717, 1.165) is 37.0 Å². The predicted octanol–water partition coefficient (Wildman–Crippen LogP) is 5.48. The van der Waals surface area contributed by atoms with Crippen molar-refractivity contribution in [1.29, 1.82) is 0 Å². The number of hydrogen-bond donors (Lipinski definition) is 0. The molecule has 2 unspecified atom stereocenters. The van der Waals surface area contributed by atoms with Crippen LogP contribution in [0.1, 0.15) is 52.2 Å². The largest absolute Gasteiger partial charge is 0.467 e. The highest BCUT2D eigenvalue weighted by molar-refractivity contribution is 7.99. The molecule has 0 aliphatic carbocycles. The molecule has 0 bridgehead atoms. The Morgan fingerprint density at radius 2 is 1.74 bits per heavy atom. The van der Waals surface area contributed by atoms with Gasteiger partial charge in [-0.1, -0.05) is 37.6 Å². The van der Waals surface area contributed by atoms with E-state index in [0.29, 0.717) is 16.9 Å². The number of amides is 1. The summed E-state index contributed by atoms with van der Waals surface area (Å²) in [7, 11) is 1.25. The second kappa shape index (κ2) is 9.77. The standard InChI is InChI=1S/C23H24F3NO3S/c1-3-4-5-15-6-8-16(9-7-15)20(28)27-19(22(29)30-2)14-31-21(27)17-10-12-18(13-11-17)23(24,25)26/h6-13,19,21H,3-5,14H2,1-2H3. The van der Waals surface area contributed by atoms with Crippen molar-refractivity contribution in [3.8, 4) is 0 Å². The summed E-state index contributed by atoms with van der Waals surface area (Å²) in [5.41, 5.74) is 1.31. The number of rotatable bonds is 6. The summed E-state index contributed by atoms with van der Waals surface area (Å²) in [5.74, 6) is -0.597. The average Bonchev–Trinajstić information content (AvgIpc) is 3.21. The molecule has 1 fully saturated rings. The molecule has 0 spiro atoms. The third kappa shape index (κ3) is 5.23. The molecule has 31 heavy (non-hydrogen) atoms. The van der Waals surface area contributed by atoms with Crippen molar-refractivity contribution in [2.24, 2.45) is 0 Å². The number of methoxy groups -OCH3 is 1. The van der Waals surface area contributed by atoms with Crippen LogP contribution in [-0.2, 0) is 22.1 Å². The van der Waals surface area contributed by atoms with Crippen molar-refractivity contribution in [2.75, 3.05) is 12.9 Å². The topological polar surface area (TPSA) is 46.6 Å². The number of ether oxygens (including phenoxy) is 1. The first-order chi connectivity index (χ1) is 14.8. The quantitative estimate of drug-likeness (QED) is 0.546. The number of halogens is 3. The number of aryl methyl sites for hydroxylation is 1. The highest BCUT2D eigenvalue weighted by atomic mass is 32.2. The van der Waals surface area contributed by atoms with E-state index in [1.54, 1.807) is 12.1 Å². The molecular formula is C23H24F3NO3S. The Morgan fingerprint density at radius 3 is 2.29 bits per heavy atom. The molecule has 1 heterocycles. The maximum Gasteiger partial charge on any atom is 0.416 e. The van der Waals surface area contributed by atoms with E-state index in [1.807, 2.05) is 12.1 Å². The molecule has 1 aliphatic heterocycles. The maximum absolute atomic E-state index is 13.3. The highest BCUT2D eigenvalue weighted by Crippen LogP contribution is 2.43. The Hall–Kier alpha value is -2.48. The summed E-state index contributed by atoms with van der Waals surface area (Å²) >= 11 is 1.33. The summed E-state index contributed by atoms with van der Waals surface area (Å²) in [6.07, 6.45) is -1.40. The first-order valence-electron chi connectivity index (χ1n) is 10.0. The van der Waals surface area contributed by atoms with E-state index < -0.39 is 29.1 Å². The van der Waals surface area contributed by atoms with Gasteiger partial charge >= 0.3 is 12.1 Å². The molecule has 4 nitrogen and oxygen atoms in total. The maximum atomic E-state index is 13.3. The van der Waals surface area contributed by atoms with Crippen LogP contribution in [0.3, 0.4) is 0 Å². The first kappa shape index (κ1) is 23.2. The van der Waals surface area contributed by atoms with Crippen molar-refractivity contribution >= 4 is 23.6 Å². The molecule has 166 valence electrons. The van der Waals surface area contributed by atoms with E-state index in [9.17, 15) is 22.8 Å². The van der Waals surface area contributed by atoms with Crippen molar-refractivity contribution in [1.82, 2.24) is 4.90 Å². The van der Waals surface area contributed by atoms with Crippen LogP contribution >= 0.6 is 11.8 Å². The van der Waals surface area contributed by atoms with Crippen LogP contribution in [0.5, 0.6) is 0 Å². The molecule has 2 aromatic rings. The van der Waals surface area contributed by atoms with Crippen LogP contribution < -0.4 is 0 Å². The van der Waals surface area contributed by atoms with Gasteiger partial charge in [-0.05, 0) is 48.2 Å². The zero-order chi connectivity index (χ0) is 22.6. The molecule has 8 heteroatoms. The van der Waals surface area contributed by atoms with Crippen molar-refractivity contribution in [3.05, 3.63) is 70.8 Å². The average molecular weight is 452 g/mol. The lowest BCUT2D eigenvalue weighted by Crippen LogP contribution is -2.43. The minimum absolute atomic E-state index is 0.304. The molecule has 3 rings (SSSR count). The minimum Gasteiger partial charge on any atom is -0.467 e. The Bertz CT molecular complexity index is 913. The van der Waals surface area contributed by atoms with Gasteiger partial charge in [0.1, 0.15) is 11.4 Å². The molecule has 0 N–H and O–H groups in total. The highest BCUT2D eigenvalue weighted by Gasteiger charge is 2.43. The Morgan fingerprint density at radius 1 is 1.10 bits per heavy atom. The number of thioether (sulfide) groups is 1. The number of carbonyl (C=O) groups excluding carboxylic acids is 2. The summed E-state index contributed by atoms with van der Waals surface area (Å²) in [6.45, 7) is 2.11. The van der Waals surface area contributed by atoms with Gasteiger partial charge in [-0.3, -0.25) is 4.79 Å². The van der Waals surface area contributed by atoms with Crippen molar-refractivity contribution in [3.63, 3.8) is 0 Å². The van der Waals surface area contributed by atoms with Crippen molar-refractivity contribution in [2.45, 2.75) is 43.8 Å². The number of benzene rings is 2. The summed E-state index contributed by atoms with van der Waals surface area (Å²) in [6, 6.07) is 11.1. The predicted molar refractivity (Wildman–Crippen MR) is 114 cm³/mol. The lowest BCUT2D eigenvalue weighted by atomic mass is 10.0. The SMILES string of the molecule is CCCCc1ccc(C(=O)N2C(C(=O)OC)CSC2c2ccc(C(F)(F)F)cc2)cc1. The van der Waals surface area contributed by atoms with Gasteiger partial charge in [0.25, 0.3) is 5.91 Å². The zero-order valence-electron chi connectivity index (χ0n) is 17.3. The van der Waals surface area contributed by atoms with Crippen LogP contribution in [0, 0.1) is 0 Å². The van der Waals surface area contributed by atoms with E-state index >= 15 is 0 Å². The molecular weight excluding hydrogens is 427 g/mol. The smallest absolute Gasteiger partial charge is 0.416 e. The Labute approximate surface area is 183 Å². The van der Waals surface area contributed by atoms with Gasteiger partial charge in [-0.2, -0.15) is 13.2 Å². The van der Waals surface area contributed by atoms with Crippen LogP contribution in [0.4, 0.5) is 13.2 Å². The second-order valence-electron chi connectivity index (χ2n) is 7.36. The number of nitrogens with zero attached hydrogens (tertiary/aromatic N) is 1. The lowest BCUT2D eigenvalue weighted by Gasteiger charge is -2.28. The number of carbonyl (C=O) groups is 2. The number of alkyl halides is 3. The van der Waals surface area contributed by atoms with Gasteiger partial charge in [-0.15, -0.1) is 11.8 Å². The van der Waals surface area contributed by atoms with Gasteiger partial charge in [0.15, 0.2) is 0 Å². The summed E-state index contributed by atoms with van der Waals surface area (Å²) in [4.78, 5) is 27.1. The van der Waals surface area contributed by atoms with Gasteiger partial charge in [0.2, 0.25) is 0 Å². The zero-order valence-corrected chi connectivity index (χ0v) is 18.1.